The smallest absolute Gasteiger partial charge is 0.295 e. The number of likely N-dealkylation sites (N-methyl/N-ethyl adjacent to an activating group) is 1. The van der Waals surface area contributed by atoms with Crippen molar-refractivity contribution in [2.45, 2.75) is 19.6 Å². The van der Waals surface area contributed by atoms with Gasteiger partial charge < -0.3 is 24.4 Å². The van der Waals surface area contributed by atoms with E-state index in [1.807, 2.05) is 111 Å². The lowest BCUT2D eigenvalue weighted by molar-refractivity contribution is -0.140. The highest BCUT2D eigenvalue weighted by atomic mass is 16.5. The van der Waals surface area contributed by atoms with Crippen molar-refractivity contribution in [2.24, 2.45) is 0 Å². The molecule has 1 aliphatic heterocycles. The molecule has 1 atom stereocenters. The van der Waals surface area contributed by atoms with Gasteiger partial charge in [0.05, 0.1) is 11.6 Å². The maximum Gasteiger partial charge on any atom is 0.295 e. The van der Waals surface area contributed by atoms with Gasteiger partial charge in [0, 0.05) is 18.7 Å². The number of hydrogen-bond acceptors (Lipinski definition) is 6. The van der Waals surface area contributed by atoms with E-state index in [0.29, 0.717) is 48.1 Å². The van der Waals surface area contributed by atoms with Crippen LogP contribution in [0.25, 0.3) is 5.76 Å². The summed E-state index contributed by atoms with van der Waals surface area (Å²) < 4.78 is 12.0. The first-order chi connectivity index (χ1) is 20.3. The lowest BCUT2D eigenvalue weighted by atomic mass is 9.94. The van der Waals surface area contributed by atoms with E-state index in [4.69, 9.17) is 9.47 Å². The lowest BCUT2D eigenvalue weighted by Gasteiger charge is -2.27. The number of rotatable bonds is 10. The minimum Gasteiger partial charge on any atom is -0.507 e. The van der Waals surface area contributed by atoms with Gasteiger partial charge in [-0.2, -0.15) is 0 Å². The van der Waals surface area contributed by atoms with E-state index >= 15 is 0 Å². The molecule has 1 aliphatic rings. The van der Waals surface area contributed by atoms with E-state index in [1.165, 1.54) is 4.90 Å². The molecule has 1 N–H and O–H groups in total. The predicted molar refractivity (Wildman–Crippen MR) is 162 cm³/mol. The molecule has 1 fully saturated rings. The van der Waals surface area contributed by atoms with Gasteiger partial charge in [-0.1, -0.05) is 60.7 Å². The Bertz CT molecular complexity index is 1600. The Kier molecular flexibility index (Phi) is 8.69. The summed E-state index contributed by atoms with van der Waals surface area (Å²) in [6.45, 7) is 3.16. The third-order valence-corrected chi connectivity index (χ3v) is 7.17. The van der Waals surface area contributed by atoms with E-state index in [9.17, 15) is 14.7 Å². The number of nitrogens with zero attached hydrogens (tertiary/aromatic N) is 2. The summed E-state index contributed by atoms with van der Waals surface area (Å²) in [6, 6.07) is 31.0. The van der Waals surface area contributed by atoms with Crippen molar-refractivity contribution >= 4 is 17.4 Å². The van der Waals surface area contributed by atoms with Crippen LogP contribution in [0.2, 0.25) is 0 Å². The molecule has 0 bridgehead atoms. The number of likely N-dealkylation sites (tertiary alicyclic amines) is 1. The molecule has 7 nitrogen and oxygen atoms in total. The molecule has 7 heteroatoms. The number of aryl methyl sites for hydroxylation is 1. The molecule has 4 aromatic rings. The molecule has 0 aromatic heterocycles. The molecular formula is C35H34N2O5. The Balaban J connectivity index is 1.50. The third-order valence-electron chi connectivity index (χ3n) is 7.17. The van der Waals surface area contributed by atoms with Crippen LogP contribution in [-0.2, 0) is 16.2 Å². The molecule has 0 aliphatic carbocycles. The van der Waals surface area contributed by atoms with Crippen LogP contribution in [-0.4, -0.2) is 53.8 Å². The number of carbonyl (C=O) groups excluding carboxylic acids is 2. The average Bonchev–Trinajstić information content (AvgIpc) is 3.25. The summed E-state index contributed by atoms with van der Waals surface area (Å²) in [6.07, 6.45) is 0. The Hall–Kier alpha value is -4.88. The summed E-state index contributed by atoms with van der Waals surface area (Å²) in [4.78, 5) is 30.3. The number of amides is 1. The summed E-state index contributed by atoms with van der Waals surface area (Å²) in [5.74, 6) is 0.320. The Morgan fingerprint density at radius 1 is 0.857 bits per heavy atom. The number of hydrogen-bond donors (Lipinski definition) is 1. The first kappa shape index (κ1) is 28.6. The number of carbonyl (C=O) groups is 2. The monoisotopic (exact) mass is 562 g/mol. The Morgan fingerprint density at radius 3 is 2.24 bits per heavy atom. The van der Waals surface area contributed by atoms with E-state index < -0.39 is 17.7 Å². The molecule has 1 amide bonds. The van der Waals surface area contributed by atoms with Crippen molar-refractivity contribution < 1.29 is 24.2 Å². The van der Waals surface area contributed by atoms with E-state index in [2.05, 4.69) is 0 Å². The number of aliphatic hydroxyl groups is 1. The first-order valence-corrected chi connectivity index (χ1v) is 13.9. The maximum atomic E-state index is 13.5. The molecule has 5 rings (SSSR count). The van der Waals surface area contributed by atoms with Gasteiger partial charge in [-0.25, -0.2) is 0 Å². The maximum absolute atomic E-state index is 13.5. The van der Waals surface area contributed by atoms with Gasteiger partial charge in [0.2, 0.25) is 0 Å². The highest BCUT2D eigenvalue weighted by Crippen LogP contribution is 2.41. The van der Waals surface area contributed by atoms with Crippen LogP contribution in [0.1, 0.15) is 28.3 Å². The zero-order valence-corrected chi connectivity index (χ0v) is 24.0. The summed E-state index contributed by atoms with van der Waals surface area (Å²) in [7, 11) is 3.81. The van der Waals surface area contributed by atoms with E-state index in [1.54, 1.807) is 18.2 Å². The predicted octanol–water partition coefficient (Wildman–Crippen LogP) is 6.35. The third kappa shape index (κ3) is 6.37. The molecular weight excluding hydrogens is 528 g/mol. The molecule has 42 heavy (non-hydrogen) atoms. The first-order valence-electron chi connectivity index (χ1n) is 13.9. The van der Waals surface area contributed by atoms with Crippen molar-refractivity contribution in [3.05, 3.63) is 131 Å². The largest absolute Gasteiger partial charge is 0.507 e. The van der Waals surface area contributed by atoms with Gasteiger partial charge >= 0.3 is 0 Å². The fourth-order valence-corrected chi connectivity index (χ4v) is 4.99. The van der Waals surface area contributed by atoms with Crippen LogP contribution in [0.3, 0.4) is 0 Å². The molecule has 214 valence electrons. The highest BCUT2D eigenvalue weighted by molar-refractivity contribution is 6.46. The second-order valence-electron chi connectivity index (χ2n) is 10.5. The Labute approximate surface area is 246 Å². The van der Waals surface area contributed by atoms with Crippen molar-refractivity contribution in [2.75, 3.05) is 27.2 Å². The molecule has 0 radical (unpaired) electrons. The second kappa shape index (κ2) is 12.7. The van der Waals surface area contributed by atoms with Gasteiger partial charge in [0.15, 0.2) is 0 Å². The standard InChI is InChI=1S/C35H34N2O5/c1-24-21-27(17-18-30(24)41-23-25-11-6-4-7-12-25)33(38)31-32(37(20-19-36(2)3)35(40)34(31)39)26-13-10-16-29(22-26)42-28-14-8-5-9-15-28/h4-18,21-22,32,38H,19-20,23H2,1-3H3/b33-31+/t32-/m1/s1. The van der Waals surface area contributed by atoms with E-state index in [-0.39, 0.29) is 11.3 Å². The van der Waals surface area contributed by atoms with Gasteiger partial charge in [-0.15, -0.1) is 0 Å². The van der Waals surface area contributed by atoms with Crippen LogP contribution in [0.4, 0.5) is 0 Å². The van der Waals surface area contributed by atoms with Crippen LogP contribution in [0.5, 0.6) is 17.2 Å². The fraction of sp³-hybridized carbons (Fsp3) is 0.200. The molecule has 0 unspecified atom stereocenters. The van der Waals surface area contributed by atoms with Crippen molar-refractivity contribution in [1.29, 1.82) is 0 Å². The minimum absolute atomic E-state index is 0.0490. The normalized spacial score (nSPS) is 16.2. The van der Waals surface area contributed by atoms with E-state index in [0.717, 1.165) is 11.1 Å². The van der Waals surface area contributed by atoms with Crippen molar-refractivity contribution in [1.82, 2.24) is 9.80 Å². The van der Waals surface area contributed by atoms with Crippen molar-refractivity contribution in [3.63, 3.8) is 0 Å². The number of aliphatic hydroxyl groups excluding tert-OH is 1. The van der Waals surface area contributed by atoms with Crippen LogP contribution in [0, 0.1) is 6.92 Å². The van der Waals surface area contributed by atoms with Crippen LogP contribution >= 0.6 is 0 Å². The molecule has 0 saturated carbocycles. The van der Waals surface area contributed by atoms with Gasteiger partial charge in [-0.3, -0.25) is 9.59 Å². The Morgan fingerprint density at radius 2 is 1.55 bits per heavy atom. The minimum atomic E-state index is -0.779. The lowest BCUT2D eigenvalue weighted by Crippen LogP contribution is -2.35. The van der Waals surface area contributed by atoms with Gasteiger partial charge in [-0.05, 0) is 80.2 Å². The van der Waals surface area contributed by atoms with Gasteiger partial charge in [0.25, 0.3) is 11.7 Å². The number of ketones is 1. The fourth-order valence-electron chi connectivity index (χ4n) is 4.99. The summed E-state index contributed by atoms with van der Waals surface area (Å²) >= 11 is 0. The summed E-state index contributed by atoms with van der Waals surface area (Å²) in [5.41, 5.74) is 2.99. The zero-order valence-electron chi connectivity index (χ0n) is 24.0. The number of benzene rings is 4. The van der Waals surface area contributed by atoms with Gasteiger partial charge in [0.1, 0.15) is 29.6 Å². The quantitative estimate of drug-likeness (QED) is 0.138. The number of para-hydroxylation sites is 1. The zero-order chi connectivity index (χ0) is 29.6. The molecule has 1 heterocycles. The van der Waals surface area contributed by atoms with Crippen LogP contribution in [0.15, 0.2) is 109 Å². The molecule has 4 aromatic carbocycles. The SMILES string of the molecule is Cc1cc(/C(O)=C2\C(=O)C(=O)N(CCN(C)C)[C@@H]2c2cccc(Oc3ccccc3)c2)ccc1OCc1ccccc1. The number of ether oxygens (including phenoxy) is 2. The molecule has 0 spiro atoms. The topological polar surface area (TPSA) is 79.3 Å². The molecule has 1 saturated heterocycles. The van der Waals surface area contributed by atoms with Crippen molar-refractivity contribution in [3.8, 4) is 17.2 Å². The average molecular weight is 563 g/mol. The number of Topliss-reactive ketones (excluding diaryl/α,β-unsaturated/α-hetero) is 1. The second-order valence-corrected chi connectivity index (χ2v) is 10.5. The highest BCUT2D eigenvalue weighted by Gasteiger charge is 2.46. The van der Waals surface area contributed by atoms with Crippen LogP contribution < -0.4 is 9.47 Å². The summed E-state index contributed by atoms with van der Waals surface area (Å²) in [5, 5.41) is 11.6.